The number of esters is 2. The highest BCUT2D eigenvalue weighted by molar-refractivity contribution is 7.45. The number of carbonyl (C=O) groups excluding carboxylic acids is 2. The SMILES string of the molecule is CC/C=C\C/C=C\C/C=C\C/C=C\C/C=C\CC(=O)OC(COC(=O)CCCCCCCCCCCCCCCCCCCCCCCCCCCCCCCCC)COP(=O)([O-])OCC[N+](C)(C)C. The Hall–Kier alpha value is -2.29. The van der Waals surface area contributed by atoms with Crippen molar-refractivity contribution >= 4 is 19.8 Å². The Morgan fingerprint density at radius 1 is 0.457 bits per heavy atom. The maximum Gasteiger partial charge on any atom is 0.310 e. The average Bonchev–Trinajstić information content (AvgIpc) is 3.32. The number of phosphoric acid groups is 1. The molecule has 0 saturated carbocycles. The van der Waals surface area contributed by atoms with Gasteiger partial charge < -0.3 is 27.9 Å². The van der Waals surface area contributed by atoms with Crippen molar-refractivity contribution in [2.24, 2.45) is 0 Å². The van der Waals surface area contributed by atoms with Gasteiger partial charge in [0.25, 0.3) is 7.82 Å². The lowest BCUT2D eigenvalue weighted by atomic mass is 10.0. The van der Waals surface area contributed by atoms with Crippen molar-refractivity contribution in [3.63, 3.8) is 0 Å². The Morgan fingerprint density at radius 2 is 0.800 bits per heavy atom. The number of likely N-dealkylation sites (N-methyl/N-ethyl adjacent to an activating group) is 1. The first-order valence-electron chi connectivity index (χ1n) is 29.0. The standard InChI is InChI=1S/C60H110NO8P/c1-6-8-10-12-14-16-18-20-22-23-24-25-26-27-28-29-30-31-32-33-34-35-36-37-39-40-42-44-46-48-50-52-59(62)66-56-58(57-68-70(64,65)67-55-54-61(3,4)5)69-60(63)53-51-49-47-45-43-41-38-21-19-17-15-13-11-9-7-2/h9,11,15,17,21,38,43,45,49,51,58H,6-8,10,12-14,16,18-20,22-37,39-42,44,46-48,50,52-57H2,1-5H3/b11-9-,17-15-,38-21-,45-43-,51-49-. The number of nitrogens with zero attached hydrogens (tertiary/aromatic N) is 1. The maximum absolute atomic E-state index is 12.7. The van der Waals surface area contributed by atoms with Crippen LogP contribution in [0.5, 0.6) is 0 Å². The molecular weight excluding hydrogens is 894 g/mol. The summed E-state index contributed by atoms with van der Waals surface area (Å²) < 4.78 is 33.9. The number of phosphoric ester groups is 1. The molecule has 0 aliphatic heterocycles. The van der Waals surface area contributed by atoms with Crippen LogP contribution in [0.25, 0.3) is 0 Å². The van der Waals surface area contributed by atoms with E-state index in [1.54, 1.807) is 6.08 Å². The molecule has 10 heteroatoms. The van der Waals surface area contributed by atoms with Crippen LogP contribution in [-0.4, -0.2) is 70.0 Å². The normalized spacial score (nSPS) is 13.7. The summed E-state index contributed by atoms with van der Waals surface area (Å²) in [5, 5.41) is 0. The van der Waals surface area contributed by atoms with Crippen LogP contribution < -0.4 is 4.89 Å². The molecule has 0 bridgehead atoms. The van der Waals surface area contributed by atoms with Crippen molar-refractivity contribution in [3.05, 3.63) is 60.8 Å². The predicted octanol–water partition coefficient (Wildman–Crippen LogP) is 17.3. The fourth-order valence-corrected chi connectivity index (χ4v) is 8.87. The van der Waals surface area contributed by atoms with Crippen molar-refractivity contribution in [1.29, 1.82) is 0 Å². The molecule has 0 aromatic rings. The predicted molar refractivity (Wildman–Crippen MR) is 296 cm³/mol. The number of quaternary nitrogens is 1. The number of hydrogen-bond acceptors (Lipinski definition) is 8. The molecule has 2 atom stereocenters. The minimum absolute atomic E-state index is 0.00725. The largest absolute Gasteiger partial charge is 0.756 e. The monoisotopic (exact) mass is 1000 g/mol. The quantitative estimate of drug-likeness (QED) is 0.0195. The van der Waals surface area contributed by atoms with E-state index in [-0.39, 0.29) is 26.1 Å². The lowest BCUT2D eigenvalue weighted by Crippen LogP contribution is -2.37. The summed E-state index contributed by atoms with van der Waals surface area (Å²) in [7, 11) is 1.11. The van der Waals surface area contributed by atoms with Crippen molar-refractivity contribution in [3.8, 4) is 0 Å². The number of allylic oxidation sites excluding steroid dienone is 9. The molecule has 0 amide bonds. The summed E-state index contributed by atoms with van der Waals surface area (Å²) in [5.41, 5.74) is 0. The topological polar surface area (TPSA) is 111 Å². The van der Waals surface area contributed by atoms with Gasteiger partial charge >= 0.3 is 11.9 Å². The second-order valence-electron chi connectivity index (χ2n) is 20.7. The third-order valence-corrected chi connectivity index (χ3v) is 13.5. The maximum atomic E-state index is 12.7. The van der Waals surface area contributed by atoms with Crippen LogP contribution >= 0.6 is 7.82 Å². The van der Waals surface area contributed by atoms with Gasteiger partial charge in [0.15, 0.2) is 6.10 Å². The van der Waals surface area contributed by atoms with Crippen LogP contribution in [0, 0.1) is 0 Å². The first-order chi connectivity index (χ1) is 34.0. The zero-order chi connectivity index (χ0) is 51.3. The zero-order valence-corrected chi connectivity index (χ0v) is 47.1. The molecule has 0 aromatic heterocycles. The first-order valence-corrected chi connectivity index (χ1v) is 30.5. The summed E-state index contributed by atoms with van der Waals surface area (Å²) in [4.78, 5) is 37.7. The fourth-order valence-electron chi connectivity index (χ4n) is 8.15. The van der Waals surface area contributed by atoms with E-state index in [0.29, 0.717) is 17.4 Å². The van der Waals surface area contributed by atoms with Crippen LogP contribution in [0.4, 0.5) is 0 Å². The van der Waals surface area contributed by atoms with Gasteiger partial charge in [-0.1, -0.05) is 267 Å². The van der Waals surface area contributed by atoms with Gasteiger partial charge in [-0.3, -0.25) is 14.2 Å². The van der Waals surface area contributed by atoms with Gasteiger partial charge in [0.05, 0.1) is 34.2 Å². The molecular formula is C60H110NO8P. The number of ether oxygens (including phenoxy) is 2. The van der Waals surface area contributed by atoms with E-state index in [2.05, 4.69) is 56.4 Å². The second kappa shape index (κ2) is 51.6. The van der Waals surface area contributed by atoms with Gasteiger partial charge in [0.1, 0.15) is 19.8 Å². The van der Waals surface area contributed by atoms with E-state index < -0.39 is 32.5 Å². The second-order valence-corrected chi connectivity index (χ2v) is 22.1. The van der Waals surface area contributed by atoms with E-state index in [9.17, 15) is 19.0 Å². The molecule has 9 nitrogen and oxygen atoms in total. The molecule has 0 rings (SSSR count). The van der Waals surface area contributed by atoms with Gasteiger partial charge in [-0.05, 0) is 38.5 Å². The molecule has 0 N–H and O–H groups in total. The van der Waals surface area contributed by atoms with Crippen LogP contribution in [0.15, 0.2) is 60.8 Å². The van der Waals surface area contributed by atoms with E-state index in [1.807, 2.05) is 33.3 Å². The zero-order valence-electron chi connectivity index (χ0n) is 46.2. The smallest absolute Gasteiger partial charge is 0.310 e. The van der Waals surface area contributed by atoms with Crippen LogP contribution in [0.3, 0.4) is 0 Å². The number of carbonyl (C=O) groups is 2. The van der Waals surface area contributed by atoms with Crippen molar-refractivity contribution in [2.45, 2.75) is 264 Å². The molecule has 0 heterocycles. The fraction of sp³-hybridized carbons (Fsp3) is 0.800. The molecule has 0 radical (unpaired) electrons. The Bertz CT molecular complexity index is 1370. The highest BCUT2D eigenvalue weighted by atomic mass is 31.2. The van der Waals surface area contributed by atoms with Crippen LogP contribution in [-0.2, 0) is 32.7 Å². The van der Waals surface area contributed by atoms with E-state index in [1.165, 1.54) is 180 Å². The number of unbranched alkanes of at least 4 members (excludes halogenated alkanes) is 30. The molecule has 0 saturated heterocycles. The molecule has 408 valence electrons. The van der Waals surface area contributed by atoms with E-state index >= 15 is 0 Å². The first kappa shape index (κ1) is 67.7. The molecule has 0 spiro atoms. The molecule has 0 aliphatic carbocycles. The molecule has 0 fully saturated rings. The number of rotatable bonds is 53. The van der Waals surface area contributed by atoms with E-state index in [4.69, 9.17) is 18.5 Å². The third-order valence-electron chi connectivity index (χ3n) is 12.6. The molecule has 2 unspecified atom stereocenters. The molecule has 70 heavy (non-hydrogen) atoms. The summed E-state index contributed by atoms with van der Waals surface area (Å²) in [5.74, 6) is -0.974. The van der Waals surface area contributed by atoms with Crippen LogP contribution in [0.1, 0.15) is 258 Å². The Labute approximate surface area is 432 Å². The van der Waals surface area contributed by atoms with Gasteiger partial charge in [-0.25, -0.2) is 0 Å². The lowest BCUT2D eigenvalue weighted by molar-refractivity contribution is -0.870. The lowest BCUT2D eigenvalue weighted by Gasteiger charge is -2.28. The van der Waals surface area contributed by atoms with Crippen molar-refractivity contribution in [2.75, 3.05) is 47.5 Å². The minimum Gasteiger partial charge on any atom is -0.756 e. The Morgan fingerprint density at radius 3 is 1.16 bits per heavy atom. The summed E-state index contributed by atoms with van der Waals surface area (Å²) in [6.45, 7) is 4.03. The van der Waals surface area contributed by atoms with Crippen molar-refractivity contribution in [1.82, 2.24) is 0 Å². The van der Waals surface area contributed by atoms with Crippen LogP contribution in [0.2, 0.25) is 0 Å². The minimum atomic E-state index is -4.66. The van der Waals surface area contributed by atoms with Gasteiger partial charge in [-0.2, -0.15) is 0 Å². The molecule has 0 aliphatic rings. The average molecular weight is 1000 g/mol. The molecule has 0 aromatic carbocycles. The highest BCUT2D eigenvalue weighted by Crippen LogP contribution is 2.38. The summed E-state index contributed by atoms with van der Waals surface area (Å²) >= 11 is 0. The van der Waals surface area contributed by atoms with Crippen molar-refractivity contribution < 1.29 is 42.1 Å². The Balaban J connectivity index is 4.06. The van der Waals surface area contributed by atoms with E-state index in [0.717, 1.165) is 44.9 Å². The third kappa shape index (κ3) is 55.0. The number of hydrogen-bond donors (Lipinski definition) is 0. The Kier molecular flexibility index (Phi) is 49.9. The highest BCUT2D eigenvalue weighted by Gasteiger charge is 2.21. The van der Waals surface area contributed by atoms with Gasteiger partial charge in [0.2, 0.25) is 0 Å². The summed E-state index contributed by atoms with van der Waals surface area (Å²) in [6.07, 6.45) is 66.2. The van der Waals surface area contributed by atoms with Gasteiger partial charge in [0, 0.05) is 6.42 Å². The van der Waals surface area contributed by atoms with Gasteiger partial charge in [-0.15, -0.1) is 0 Å². The summed E-state index contributed by atoms with van der Waals surface area (Å²) in [6, 6.07) is 0.